The van der Waals surface area contributed by atoms with Crippen LogP contribution in [0.1, 0.15) is 6.23 Å². The lowest BCUT2D eigenvalue weighted by Gasteiger charge is -2.19. The third kappa shape index (κ3) is 2.01. The van der Waals surface area contributed by atoms with Crippen LogP contribution in [0.2, 0.25) is 0 Å². The van der Waals surface area contributed by atoms with Gasteiger partial charge < -0.3 is 35.7 Å². The van der Waals surface area contributed by atoms with E-state index in [1.165, 1.54) is 17.0 Å². The lowest BCUT2D eigenvalue weighted by atomic mass is 10.1. The Kier molecular flexibility index (Phi) is 3.28. The van der Waals surface area contributed by atoms with Crippen LogP contribution in [-0.2, 0) is 4.74 Å². The molecule has 2 aromatic heterocycles. The molecule has 0 spiro atoms. The number of nitrogen functional groups attached to an aromatic ring is 1. The largest absolute Gasteiger partial charge is 0.398 e. The summed E-state index contributed by atoms with van der Waals surface area (Å²) in [6.07, 6.45) is -1.42. The Labute approximate surface area is 134 Å². The van der Waals surface area contributed by atoms with Crippen LogP contribution in [-0.4, -0.2) is 56.1 Å². The number of aliphatic hydroxyl groups is 3. The number of nitrogens with two attached hydrogens (primary N) is 1. The molecule has 1 fully saturated rings. The smallest absolute Gasteiger partial charge is 0.273 e. The lowest BCUT2D eigenvalue weighted by Crippen LogP contribution is -2.33. The molecule has 10 nitrogen and oxygen atoms in total. The quantitative estimate of drug-likeness (QED) is 0.453. The van der Waals surface area contributed by atoms with Crippen molar-refractivity contribution in [2.45, 2.75) is 24.5 Å². The van der Waals surface area contributed by atoms with Gasteiger partial charge in [0.25, 0.3) is 5.56 Å². The Hall–Kier alpha value is -2.53. The summed E-state index contributed by atoms with van der Waals surface area (Å²) < 4.78 is 7.05. The minimum atomic E-state index is -1.26. The van der Waals surface area contributed by atoms with Gasteiger partial charge in [0.15, 0.2) is 6.23 Å². The van der Waals surface area contributed by atoms with E-state index in [0.717, 1.165) is 0 Å². The molecule has 10 heteroatoms. The maximum Gasteiger partial charge on any atom is 0.273 e. The molecule has 6 N–H and O–H groups in total. The maximum absolute atomic E-state index is 11.7. The average molecular weight is 333 g/mol. The second kappa shape index (κ2) is 5.24. The van der Waals surface area contributed by atoms with Gasteiger partial charge in [-0.25, -0.2) is 4.99 Å². The van der Waals surface area contributed by atoms with E-state index in [-0.39, 0.29) is 5.69 Å². The van der Waals surface area contributed by atoms with Gasteiger partial charge in [-0.2, -0.15) is 4.98 Å². The standard InChI is InChI=1S/C14H15N5O5/c15-6-1-8(21)18-12-9-5(6)2-19(13(9)17-4-16-12)14-11(23)10(22)7(3-20)24-14/h1-2,4,7,10-11,14,20,22-23H,3,15H2,(H,16,17,18,21)/t7-,10-,11-,14-/m1/s1. The van der Waals surface area contributed by atoms with Gasteiger partial charge in [-0.3, -0.25) is 4.79 Å². The summed E-state index contributed by atoms with van der Waals surface area (Å²) in [5.41, 5.74) is 5.67. The van der Waals surface area contributed by atoms with Crippen molar-refractivity contribution in [1.29, 1.82) is 0 Å². The first-order chi connectivity index (χ1) is 11.5. The van der Waals surface area contributed by atoms with Crippen LogP contribution in [0.3, 0.4) is 0 Å². The van der Waals surface area contributed by atoms with Crippen molar-refractivity contribution in [3.05, 3.63) is 22.6 Å². The topological polar surface area (TPSA) is 155 Å². The van der Waals surface area contributed by atoms with E-state index in [1.807, 2.05) is 0 Å². The number of hydrogen-bond acceptors (Lipinski definition) is 9. The predicted octanol–water partition coefficient (Wildman–Crippen LogP) is -1.32. The highest BCUT2D eigenvalue weighted by atomic mass is 16.6. The summed E-state index contributed by atoms with van der Waals surface area (Å²) >= 11 is 0. The van der Waals surface area contributed by atoms with Crippen LogP contribution in [0.15, 0.2) is 22.1 Å². The second-order valence-electron chi connectivity index (χ2n) is 5.68. The highest BCUT2D eigenvalue weighted by molar-refractivity contribution is 6.10. The zero-order chi connectivity index (χ0) is 17.0. The minimum absolute atomic E-state index is 0.208. The van der Waals surface area contributed by atoms with E-state index in [0.29, 0.717) is 22.4 Å². The fourth-order valence-corrected chi connectivity index (χ4v) is 3.07. The Balaban J connectivity index is 1.95. The molecular formula is C14H15N5O5. The van der Waals surface area contributed by atoms with Crippen LogP contribution >= 0.6 is 0 Å². The first kappa shape index (κ1) is 15.0. The summed E-state index contributed by atoms with van der Waals surface area (Å²) in [5.74, 6) is 0.672. The minimum Gasteiger partial charge on any atom is -0.398 e. The molecule has 4 heterocycles. The number of aliphatic imine (C=N–C) groups is 1. The monoisotopic (exact) mass is 333 g/mol. The van der Waals surface area contributed by atoms with Crippen LogP contribution in [0, 0.1) is 0 Å². The van der Waals surface area contributed by atoms with Gasteiger partial charge in [-0.15, -0.1) is 0 Å². The average Bonchev–Trinajstić information content (AvgIpc) is 3.03. The Morgan fingerprint density at radius 1 is 1.38 bits per heavy atom. The van der Waals surface area contributed by atoms with Gasteiger partial charge in [-0.05, 0) is 0 Å². The molecule has 4 atom stereocenters. The molecule has 2 aromatic rings. The van der Waals surface area contributed by atoms with Crippen molar-refractivity contribution < 1.29 is 20.1 Å². The number of aliphatic hydroxyl groups excluding tert-OH is 3. The van der Waals surface area contributed by atoms with Gasteiger partial charge in [0, 0.05) is 23.3 Å². The third-order valence-corrected chi connectivity index (χ3v) is 4.23. The van der Waals surface area contributed by atoms with Crippen LogP contribution in [0.25, 0.3) is 10.8 Å². The number of nitrogens with zero attached hydrogens (tertiary/aromatic N) is 3. The van der Waals surface area contributed by atoms with Gasteiger partial charge in [0.05, 0.1) is 18.3 Å². The molecule has 0 amide bonds. The Morgan fingerprint density at radius 3 is 2.88 bits per heavy atom. The van der Waals surface area contributed by atoms with Crippen molar-refractivity contribution in [3.63, 3.8) is 0 Å². The molecule has 2 aliphatic rings. The molecule has 0 aliphatic carbocycles. The van der Waals surface area contributed by atoms with E-state index in [1.54, 1.807) is 6.20 Å². The van der Waals surface area contributed by atoms with Gasteiger partial charge in [0.2, 0.25) is 0 Å². The molecule has 1 saturated heterocycles. The zero-order valence-corrected chi connectivity index (χ0v) is 12.3. The third-order valence-electron chi connectivity index (χ3n) is 4.23. The molecule has 0 aromatic carbocycles. The molecular weight excluding hydrogens is 318 g/mol. The van der Waals surface area contributed by atoms with Crippen LogP contribution in [0.5, 0.6) is 0 Å². The number of rotatable bonds is 2. The molecule has 0 radical (unpaired) electrons. The van der Waals surface area contributed by atoms with Gasteiger partial charge in [-0.1, -0.05) is 0 Å². The van der Waals surface area contributed by atoms with E-state index >= 15 is 0 Å². The van der Waals surface area contributed by atoms with Crippen molar-refractivity contribution in [2.75, 3.05) is 17.7 Å². The first-order valence-electron chi connectivity index (χ1n) is 7.28. The summed E-state index contributed by atoms with van der Waals surface area (Å²) in [7, 11) is 0. The molecule has 0 bridgehead atoms. The summed E-state index contributed by atoms with van der Waals surface area (Å²) in [5, 5.41) is 33.2. The highest BCUT2D eigenvalue weighted by Crippen LogP contribution is 2.41. The number of aromatic nitrogens is 2. The Bertz CT molecular complexity index is 911. The molecule has 24 heavy (non-hydrogen) atoms. The van der Waals surface area contributed by atoms with Gasteiger partial charge >= 0.3 is 0 Å². The molecule has 126 valence electrons. The first-order valence-corrected chi connectivity index (χ1v) is 7.28. The number of ether oxygens (including phenoxy) is 1. The molecule has 2 aliphatic heterocycles. The number of hydrogen-bond donors (Lipinski definition) is 5. The van der Waals surface area contributed by atoms with E-state index in [9.17, 15) is 20.1 Å². The van der Waals surface area contributed by atoms with Gasteiger partial charge in [0.1, 0.15) is 29.9 Å². The fraction of sp³-hybridized carbons (Fsp3) is 0.357. The van der Waals surface area contributed by atoms with Crippen LogP contribution in [0.4, 0.5) is 17.3 Å². The summed E-state index contributed by atoms with van der Waals surface area (Å²) in [6, 6.07) is 1.20. The van der Waals surface area contributed by atoms with Crippen molar-refractivity contribution in [2.24, 2.45) is 4.99 Å². The SMILES string of the molecule is Nc1cc(=O)nc2c3c(n([C@@H]4O[C@H](CO)[C@@H](O)[C@H]4O)cc13)N=CN2. The number of anilines is 2. The molecule has 4 rings (SSSR count). The van der Waals surface area contributed by atoms with E-state index in [4.69, 9.17) is 10.5 Å². The van der Waals surface area contributed by atoms with Crippen molar-refractivity contribution >= 4 is 34.4 Å². The van der Waals surface area contributed by atoms with Crippen LogP contribution < -0.4 is 16.6 Å². The summed E-state index contributed by atoms with van der Waals surface area (Å²) in [4.78, 5) is 19.9. The molecule has 0 unspecified atom stereocenters. The normalized spacial score (nSPS) is 28.3. The zero-order valence-electron chi connectivity index (χ0n) is 12.3. The summed E-state index contributed by atoms with van der Waals surface area (Å²) in [6.45, 7) is -0.431. The predicted molar refractivity (Wildman–Crippen MR) is 85.2 cm³/mol. The fourth-order valence-electron chi connectivity index (χ4n) is 3.07. The number of nitrogens with one attached hydrogen (secondary N) is 1. The van der Waals surface area contributed by atoms with Crippen molar-refractivity contribution in [1.82, 2.24) is 9.55 Å². The highest BCUT2D eigenvalue weighted by Gasteiger charge is 2.44. The lowest BCUT2D eigenvalue weighted by molar-refractivity contribution is -0.0516. The van der Waals surface area contributed by atoms with E-state index in [2.05, 4.69) is 15.3 Å². The Morgan fingerprint density at radius 2 is 2.17 bits per heavy atom. The van der Waals surface area contributed by atoms with E-state index < -0.39 is 36.7 Å². The van der Waals surface area contributed by atoms with Crippen molar-refractivity contribution in [3.8, 4) is 0 Å². The maximum atomic E-state index is 11.7. The molecule has 0 saturated carbocycles. The second-order valence-corrected chi connectivity index (χ2v) is 5.68.